The third-order valence-corrected chi connectivity index (χ3v) is 3.07. The van der Waals surface area contributed by atoms with Crippen molar-refractivity contribution < 1.29 is 9.53 Å². The maximum atomic E-state index is 11.4. The Morgan fingerprint density at radius 1 is 1.50 bits per heavy atom. The van der Waals surface area contributed by atoms with Gasteiger partial charge in [-0.2, -0.15) is 0 Å². The van der Waals surface area contributed by atoms with Gasteiger partial charge in [0.1, 0.15) is 0 Å². The first-order valence-corrected chi connectivity index (χ1v) is 5.43. The zero-order chi connectivity index (χ0) is 12.2. The van der Waals surface area contributed by atoms with Gasteiger partial charge in [0, 0.05) is 17.0 Å². The second-order valence-corrected chi connectivity index (χ2v) is 4.40. The molecular formula is C12H16ClNO2. The van der Waals surface area contributed by atoms with Gasteiger partial charge < -0.3 is 10.5 Å². The third kappa shape index (κ3) is 2.74. The minimum absolute atomic E-state index is 0.226. The summed E-state index contributed by atoms with van der Waals surface area (Å²) in [6, 6.07) is 7.41. The number of hydrogen-bond donors (Lipinski definition) is 1. The highest BCUT2D eigenvalue weighted by Crippen LogP contribution is 2.32. The molecule has 0 aliphatic heterocycles. The second kappa shape index (κ2) is 5.32. The number of esters is 1. The molecule has 0 spiro atoms. The number of halogens is 1. The molecule has 0 saturated heterocycles. The first-order chi connectivity index (χ1) is 7.53. The highest BCUT2D eigenvalue weighted by molar-refractivity contribution is 6.31. The Bertz CT molecular complexity index is 381. The predicted molar refractivity (Wildman–Crippen MR) is 64.5 cm³/mol. The van der Waals surface area contributed by atoms with Crippen molar-refractivity contribution in [3.63, 3.8) is 0 Å². The molecule has 0 radical (unpaired) electrons. The summed E-state index contributed by atoms with van der Waals surface area (Å²) in [5, 5.41) is 0.624. The minimum atomic E-state index is -0.481. The summed E-state index contributed by atoms with van der Waals surface area (Å²) in [5.41, 5.74) is 6.14. The van der Waals surface area contributed by atoms with Gasteiger partial charge in [0.25, 0.3) is 0 Å². The minimum Gasteiger partial charge on any atom is -0.469 e. The summed E-state index contributed by atoms with van der Waals surface area (Å²) >= 11 is 6.11. The van der Waals surface area contributed by atoms with Crippen LogP contribution >= 0.6 is 11.6 Å². The predicted octanol–water partition coefficient (Wildman–Crippen LogP) is 2.12. The van der Waals surface area contributed by atoms with Crippen molar-refractivity contribution in [1.82, 2.24) is 0 Å². The van der Waals surface area contributed by atoms with Crippen LogP contribution in [0, 0.1) is 0 Å². The Morgan fingerprint density at radius 3 is 2.62 bits per heavy atom. The third-order valence-electron chi connectivity index (χ3n) is 2.74. The summed E-state index contributed by atoms with van der Waals surface area (Å²) in [5.74, 6) is -0.284. The lowest BCUT2D eigenvalue weighted by Crippen LogP contribution is -2.35. The Kier molecular flexibility index (Phi) is 4.33. The van der Waals surface area contributed by atoms with Crippen LogP contribution in [0.2, 0.25) is 5.02 Å². The SMILES string of the molecule is COC(=O)CC(C)(CN)c1ccccc1Cl. The van der Waals surface area contributed by atoms with E-state index >= 15 is 0 Å². The number of ether oxygens (including phenoxy) is 1. The molecule has 1 unspecified atom stereocenters. The van der Waals surface area contributed by atoms with Gasteiger partial charge in [0.2, 0.25) is 0 Å². The second-order valence-electron chi connectivity index (χ2n) is 4.00. The van der Waals surface area contributed by atoms with Crippen molar-refractivity contribution in [2.24, 2.45) is 5.73 Å². The molecule has 0 heterocycles. The molecule has 0 amide bonds. The quantitative estimate of drug-likeness (QED) is 0.822. The van der Waals surface area contributed by atoms with Crippen molar-refractivity contribution in [1.29, 1.82) is 0 Å². The van der Waals surface area contributed by atoms with Crippen molar-refractivity contribution in [3.05, 3.63) is 34.9 Å². The highest BCUT2D eigenvalue weighted by atomic mass is 35.5. The first kappa shape index (κ1) is 13.0. The van der Waals surface area contributed by atoms with E-state index in [2.05, 4.69) is 4.74 Å². The number of rotatable bonds is 4. The monoisotopic (exact) mass is 241 g/mol. The molecule has 1 atom stereocenters. The molecule has 0 aliphatic rings. The number of hydrogen-bond acceptors (Lipinski definition) is 3. The van der Waals surface area contributed by atoms with E-state index in [0.717, 1.165) is 5.56 Å². The van der Waals surface area contributed by atoms with Crippen LogP contribution in [0.3, 0.4) is 0 Å². The zero-order valence-corrected chi connectivity index (χ0v) is 10.3. The van der Waals surface area contributed by atoms with Crippen LogP contribution in [0.4, 0.5) is 0 Å². The van der Waals surface area contributed by atoms with Crippen LogP contribution in [0.1, 0.15) is 18.9 Å². The lowest BCUT2D eigenvalue weighted by Gasteiger charge is -2.28. The number of methoxy groups -OCH3 is 1. The van der Waals surface area contributed by atoms with Crippen LogP contribution in [0.15, 0.2) is 24.3 Å². The number of nitrogens with two attached hydrogens (primary N) is 1. The van der Waals surface area contributed by atoms with Crippen molar-refractivity contribution in [3.8, 4) is 0 Å². The van der Waals surface area contributed by atoms with Gasteiger partial charge in [-0.1, -0.05) is 36.7 Å². The summed E-state index contributed by atoms with van der Waals surface area (Å²) in [4.78, 5) is 11.4. The van der Waals surface area contributed by atoms with Gasteiger partial charge in [0.15, 0.2) is 0 Å². The van der Waals surface area contributed by atoms with Crippen LogP contribution in [0.25, 0.3) is 0 Å². The van der Waals surface area contributed by atoms with Gasteiger partial charge in [-0.15, -0.1) is 0 Å². The molecule has 16 heavy (non-hydrogen) atoms. The van der Waals surface area contributed by atoms with E-state index in [1.165, 1.54) is 7.11 Å². The summed E-state index contributed by atoms with van der Waals surface area (Å²) < 4.78 is 4.67. The standard InChI is InChI=1S/C12H16ClNO2/c1-12(8-14,7-11(15)16-2)9-5-3-4-6-10(9)13/h3-6H,7-8,14H2,1-2H3. The largest absolute Gasteiger partial charge is 0.469 e. The Morgan fingerprint density at radius 2 is 2.12 bits per heavy atom. The van der Waals surface area contributed by atoms with Crippen molar-refractivity contribution in [2.45, 2.75) is 18.8 Å². The fraction of sp³-hybridized carbons (Fsp3) is 0.417. The van der Waals surface area contributed by atoms with E-state index in [9.17, 15) is 4.79 Å². The van der Waals surface area contributed by atoms with E-state index in [1.54, 1.807) is 6.07 Å². The van der Waals surface area contributed by atoms with Gasteiger partial charge in [-0.05, 0) is 11.6 Å². The lowest BCUT2D eigenvalue weighted by molar-refractivity contribution is -0.141. The molecule has 0 fully saturated rings. The molecule has 1 rings (SSSR count). The average Bonchev–Trinajstić information content (AvgIpc) is 2.29. The molecule has 4 heteroatoms. The topological polar surface area (TPSA) is 52.3 Å². The smallest absolute Gasteiger partial charge is 0.306 e. The molecule has 88 valence electrons. The van der Waals surface area contributed by atoms with Crippen LogP contribution in [0.5, 0.6) is 0 Å². The van der Waals surface area contributed by atoms with Crippen LogP contribution in [-0.2, 0) is 14.9 Å². The number of benzene rings is 1. The van der Waals surface area contributed by atoms with Crippen LogP contribution < -0.4 is 5.73 Å². The molecule has 0 bridgehead atoms. The number of carbonyl (C=O) groups is 1. The van der Waals surface area contributed by atoms with Gasteiger partial charge >= 0.3 is 5.97 Å². The molecule has 2 N–H and O–H groups in total. The maximum Gasteiger partial charge on any atom is 0.306 e. The van der Waals surface area contributed by atoms with Crippen LogP contribution in [-0.4, -0.2) is 19.6 Å². The van der Waals surface area contributed by atoms with Crippen molar-refractivity contribution in [2.75, 3.05) is 13.7 Å². The Labute approximate surface area is 101 Å². The first-order valence-electron chi connectivity index (χ1n) is 5.05. The zero-order valence-electron chi connectivity index (χ0n) is 9.50. The Balaban J connectivity index is 3.05. The molecule has 1 aromatic carbocycles. The lowest BCUT2D eigenvalue weighted by atomic mass is 9.79. The highest BCUT2D eigenvalue weighted by Gasteiger charge is 2.30. The molecule has 0 aromatic heterocycles. The van der Waals surface area contributed by atoms with E-state index in [0.29, 0.717) is 11.6 Å². The molecular weight excluding hydrogens is 226 g/mol. The summed E-state index contributed by atoms with van der Waals surface area (Å²) in [7, 11) is 1.37. The molecule has 1 aromatic rings. The van der Waals surface area contributed by atoms with E-state index in [-0.39, 0.29) is 12.4 Å². The van der Waals surface area contributed by atoms with Gasteiger partial charge in [0.05, 0.1) is 13.5 Å². The maximum absolute atomic E-state index is 11.4. The van der Waals surface area contributed by atoms with Crippen molar-refractivity contribution >= 4 is 17.6 Å². The average molecular weight is 242 g/mol. The fourth-order valence-electron chi connectivity index (χ4n) is 1.62. The van der Waals surface area contributed by atoms with Gasteiger partial charge in [-0.25, -0.2) is 0 Å². The molecule has 3 nitrogen and oxygen atoms in total. The van der Waals surface area contributed by atoms with Gasteiger partial charge in [-0.3, -0.25) is 4.79 Å². The van der Waals surface area contributed by atoms with E-state index in [4.69, 9.17) is 17.3 Å². The van der Waals surface area contributed by atoms with E-state index in [1.807, 2.05) is 25.1 Å². The fourth-order valence-corrected chi connectivity index (χ4v) is 1.98. The molecule has 0 aliphatic carbocycles. The summed E-state index contributed by atoms with van der Waals surface area (Å²) in [6.45, 7) is 2.25. The summed E-state index contributed by atoms with van der Waals surface area (Å²) in [6.07, 6.45) is 0.226. The Hall–Kier alpha value is -1.06. The number of carbonyl (C=O) groups excluding carboxylic acids is 1. The normalized spacial score (nSPS) is 14.2. The van der Waals surface area contributed by atoms with E-state index < -0.39 is 5.41 Å². The molecule has 0 saturated carbocycles.